The van der Waals surface area contributed by atoms with Crippen LogP contribution < -0.4 is 0 Å². The Morgan fingerprint density at radius 3 is 2.92 bits per heavy atom. The number of aromatic nitrogens is 2. The standard InChI is InChI=1S/C7H7IN2O2/c1-5(7(11)12)3-10-4-6(8)2-9-10/h2,4H,1,3H2,(H,11,12). The van der Waals surface area contributed by atoms with E-state index in [4.69, 9.17) is 5.11 Å². The van der Waals surface area contributed by atoms with E-state index in [9.17, 15) is 4.79 Å². The van der Waals surface area contributed by atoms with Crippen molar-refractivity contribution in [2.24, 2.45) is 0 Å². The van der Waals surface area contributed by atoms with Crippen LogP contribution in [0, 0.1) is 3.57 Å². The highest BCUT2D eigenvalue weighted by molar-refractivity contribution is 14.1. The van der Waals surface area contributed by atoms with Crippen molar-refractivity contribution >= 4 is 28.6 Å². The van der Waals surface area contributed by atoms with Gasteiger partial charge in [-0.25, -0.2) is 4.79 Å². The fraction of sp³-hybridized carbons (Fsp3) is 0.143. The Labute approximate surface area is 83.0 Å². The lowest BCUT2D eigenvalue weighted by atomic mass is 10.3. The van der Waals surface area contributed by atoms with Gasteiger partial charge in [0, 0.05) is 6.20 Å². The second-order valence-corrected chi connectivity index (χ2v) is 3.51. The molecule has 1 heterocycles. The third kappa shape index (κ3) is 2.33. The van der Waals surface area contributed by atoms with Gasteiger partial charge in [-0.05, 0) is 22.6 Å². The lowest BCUT2D eigenvalue weighted by molar-refractivity contribution is -0.132. The number of carboxylic acid groups (broad SMARTS) is 1. The zero-order valence-corrected chi connectivity index (χ0v) is 8.35. The van der Waals surface area contributed by atoms with Gasteiger partial charge >= 0.3 is 5.97 Å². The Kier molecular flexibility index (Phi) is 2.85. The summed E-state index contributed by atoms with van der Waals surface area (Å²) in [6, 6.07) is 0. The normalized spacial score (nSPS) is 9.75. The SMILES string of the molecule is C=C(Cn1cc(I)cn1)C(=O)O. The molecule has 0 amide bonds. The van der Waals surface area contributed by atoms with E-state index in [1.807, 2.05) is 0 Å². The molecule has 0 radical (unpaired) electrons. The molecule has 0 atom stereocenters. The Morgan fingerprint density at radius 1 is 1.83 bits per heavy atom. The van der Waals surface area contributed by atoms with Crippen LogP contribution in [0.3, 0.4) is 0 Å². The highest BCUT2D eigenvalue weighted by Gasteiger charge is 2.04. The van der Waals surface area contributed by atoms with Gasteiger partial charge in [-0.3, -0.25) is 4.68 Å². The number of carboxylic acids is 1. The van der Waals surface area contributed by atoms with E-state index in [0.29, 0.717) is 0 Å². The van der Waals surface area contributed by atoms with Crippen LogP contribution in [-0.2, 0) is 11.3 Å². The molecule has 0 spiro atoms. The molecule has 0 aliphatic heterocycles. The highest BCUT2D eigenvalue weighted by Crippen LogP contribution is 2.03. The minimum atomic E-state index is -0.986. The number of hydrogen-bond acceptors (Lipinski definition) is 2. The van der Waals surface area contributed by atoms with E-state index in [0.717, 1.165) is 3.57 Å². The fourth-order valence-electron chi connectivity index (χ4n) is 0.688. The first-order valence-corrected chi connectivity index (χ1v) is 4.26. The number of aliphatic carboxylic acids is 1. The van der Waals surface area contributed by atoms with Gasteiger partial charge < -0.3 is 5.11 Å². The summed E-state index contributed by atoms with van der Waals surface area (Å²) >= 11 is 2.10. The average molecular weight is 278 g/mol. The lowest BCUT2D eigenvalue weighted by Gasteiger charge is -1.98. The van der Waals surface area contributed by atoms with Gasteiger partial charge in [-0.15, -0.1) is 0 Å². The number of hydrogen-bond donors (Lipinski definition) is 1. The Bertz CT molecular complexity index is 319. The molecule has 0 unspecified atom stereocenters. The number of halogens is 1. The molecule has 1 aromatic rings. The van der Waals surface area contributed by atoms with Crippen LogP contribution in [0.1, 0.15) is 0 Å². The summed E-state index contributed by atoms with van der Waals surface area (Å²) in [5, 5.41) is 12.4. The summed E-state index contributed by atoms with van der Waals surface area (Å²) in [6.45, 7) is 3.63. The summed E-state index contributed by atoms with van der Waals surface area (Å²) in [5.41, 5.74) is 0.134. The van der Waals surface area contributed by atoms with Crippen LogP contribution in [-0.4, -0.2) is 20.9 Å². The largest absolute Gasteiger partial charge is 0.478 e. The van der Waals surface area contributed by atoms with Gasteiger partial charge in [0.25, 0.3) is 0 Å². The lowest BCUT2D eigenvalue weighted by Crippen LogP contribution is -2.08. The van der Waals surface area contributed by atoms with Crippen molar-refractivity contribution in [1.29, 1.82) is 0 Å². The van der Waals surface area contributed by atoms with Crippen LogP contribution in [0.25, 0.3) is 0 Å². The van der Waals surface area contributed by atoms with E-state index in [1.54, 1.807) is 12.4 Å². The smallest absolute Gasteiger partial charge is 0.332 e. The topological polar surface area (TPSA) is 55.1 Å². The van der Waals surface area contributed by atoms with Gasteiger partial charge in [0.2, 0.25) is 0 Å². The molecule has 0 fully saturated rings. The van der Waals surface area contributed by atoms with Crippen molar-refractivity contribution in [3.05, 3.63) is 28.1 Å². The van der Waals surface area contributed by atoms with Gasteiger partial charge in [-0.2, -0.15) is 5.10 Å². The number of nitrogens with zero attached hydrogens (tertiary/aromatic N) is 2. The molecule has 12 heavy (non-hydrogen) atoms. The summed E-state index contributed by atoms with van der Waals surface area (Å²) in [6.07, 6.45) is 3.42. The highest BCUT2D eigenvalue weighted by atomic mass is 127. The van der Waals surface area contributed by atoms with Crippen LogP contribution in [0.15, 0.2) is 24.5 Å². The van der Waals surface area contributed by atoms with E-state index >= 15 is 0 Å². The molecular formula is C7H7IN2O2. The zero-order valence-electron chi connectivity index (χ0n) is 6.20. The van der Waals surface area contributed by atoms with E-state index in [1.165, 1.54) is 4.68 Å². The first-order chi connectivity index (χ1) is 5.59. The summed E-state index contributed by atoms with van der Waals surface area (Å²) in [4.78, 5) is 10.4. The quantitative estimate of drug-likeness (QED) is 0.666. The van der Waals surface area contributed by atoms with Crippen molar-refractivity contribution in [1.82, 2.24) is 9.78 Å². The summed E-state index contributed by atoms with van der Waals surface area (Å²) in [5.74, 6) is -0.986. The van der Waals surface area contributed by atoms with Crippen LogP contribution in [0.4, 0.5) is 0 Å². The van der Waals surface area contributed by atoms with Crippen molar-refractivity contribution < 1.29 is 9.90 Å². The van der Waals surface area contributed by atoms with Crippen molar-refractivity contribution in [2.75, 3.05) is 0 Å². The summed E-state index contributed by atoms with van der Waals surface area (Å²) in [7, 11) is 0. The maximum Gasteiger partial charge on any atom is 0.332 e. The molecule has 4 nitrogen and oxygen atoms in total. The van der Waals surface area contributed by atoms with Crippen molar-refractivity contribution in [3.8, 4) is 0 Å². The maximum absolute atomic E-state index is 10.4. The minimum Gasteiger partial charge on any atom is -0.478 e. The van der Waals surface area contributed by atoms with Crippen molar-refractivity contribution in [3.63, 3.8) is 0 Å². The number of rotatable bonds is 3. The minimum absolute atomic E-state index is 0.134. The van der Waals surface area contributed by atoms with Crippen LogP contribution in [0.2, 0.25) is 0 Å². The predicted molar refractivity (Wildman–Crippen MR) is 51.7 cm³/mol. The molecule has 1 N–H and O–H groups in total. The Balaban J connectivity index is 2.64. The average Bonchev–Trinajstić information content (AvgIpc) is 2.35. The summed E-state index contributed by atoms with van der Waals surface area (Å²) < 4.78 is 2.52. The second-order valence-electron chi connectivity index (χ2n) is 2.26. The molecule has 5 heteroatoms. The molecule has 0 saturated heterocycles. The molecule has 1 rings (SSSR count). The fourth-order valence-corrected chi connectivity index (χ4v) is 1.13. The third-order valence-electron chi connectivity index (χ3n) is 1.26. The molecule has 0 aliphatic carbocycles. The Morgan fingerprint density at radius 2 is 2.50 bits per heavy atom. The van der Waals surface area contributed by atoms with E-state index in [-0.39, 0.29) is 12.1 Å². The first kappa shape index (κ1) is 9.24. The van der Waals surface area contributed by atoms with Gasteiger partial charge in [0.1, 0.15) is 0 Å². The van der Waals surface area contributed by atoms with Gasteiger partial charge in [0.05, 0.1) is 21.9 Å². The van der Waals surface area contributed by atoms with Gasteiger partial charge in [-0.1, -0.05) is 6.58 Å². The van der Waals surface area contributed by atoms with Crippen molar-refractivity contribution in [2.45, 2.75) is 6.54 Å². The third-order valence-corrected chi connectivity index (χ3v) is 1.81. The molecule has 64 valence electrons. The van der Waals surface area contributed by atoms with Gasteiger partial charge in [0.15, 0.2) is 0 Å². The maximum atomic E-state index is 10.4. The van der Waals surface area contributed by atoms with Crippen LogP contribution in [0.5, 0.6) is 0 Å². The molecule has 0 bridgehead atoms. The zero-order chi connectivity index (χ0) is 9.14. The van der Waals surface area contributed by atoms with E-state index < -0.39 is 5.97 Å². The Hall–Kier alpha value is -0.850. The molecule has 0 aromatic carbocycles. The predicted octanol–water partition coefficient (Wildman–Crippen LogP) is 1.13. The van der Waals surface area contributed by atoms with E-state index in [2.05, 4.69) is 34.3 Å². The second kappa shape index (κ2) is 3.70. The number of carbonyl (C=O) groups is 1. The monoisotopic (exact) mass is 278 g/mol. The molecule has 0 aliphatic rings. The molecule has 0 saturated carbocycles. The molecular weight excluding hydrogens is 271 g/mol. The molecule has 1 aromatic heterocycles. The first-order valence-electron chi connectivity index (χ1n) is 3.18. The van der Waals surface area contributed by atoms with Crippen LogP contribution >= 0.6 is 22.6 Å².